The number of aromatic nitrogens is 1. The Morgan fingerprint density at radius 3 is 2.68 bits per heavy atom. The van der Waals surface area contributed by atoms with Crippen LogP contribution in [0.3, 0.4) is 0 Å². The minimum Gasteiger partial charge on any atom is -0.321 e. The number of pyridine rings is 1. The minimum absolute atomic E-state index is 0.0839. The maximum atomic E-state index is 12.1. The van der Waals surface area contributed by atoms with Gasteiger partial charge >= 0.3 is 0 Å². The zero-order chi connectivity index (χ0) is 14.0. The van der Waals surface area contributed by atoms with Gasteiger partial charge < -0.3 is 5.73 Å². The first-order chi connectivity index (χ1) is 8.88. The van der Waals surface area contributed by atoms with Gasteiger partial charge in [-0.2, -0.15) is 0 Å². The van der Waals surface area contributed by atoms with Crippen molar-refractivity contribution in [1.29, 1.82) is 0 Å². The van der Waals surface area contributed by atoms with Gasteiger partial charge in [0.05, 0.1) is 11.6 Å². The molecule has 100 valence electrons. The van der Waals surface area contributed by atoms with Gasteiger partial charge in [0.15, 0.2) is 5.78 Å². The SMILES string of the molecule is CC(C)(C)C(=O)[C@@H](N)Cc1cnc2ccccc2c1. The van der Waals surface area contributed by atoms with Crippen molar-refractivity contribution in [2.75, 3.05) is 0 Å². The highest BCUT2D eigenvalue weighted by molar-refractivity contribution is 5.89. The van der Waals surface area contributed by atoms with E-state index in [4.69, 9.17) is 5.73 Å². The van der Waals surface area contributed by atoms with Crippen LogP contribution >= 0.6 is 0 Å². The van der Waals surface area contributed by atoms with E-state index in [0.29, 0.717) is 6.42 Å². The van der Waals surface area contributed by atoms with Crippen molar-refractivity contribution in [3.8, 4) is 0 Å². The van der Waals surface area contributed by atoms with E-state index in [2.05, 4.69) is 11.1 Å². The molecule has 2 rings (SSSR count). The summed E-state index contributed by atoms with van der Waals surface area (Å²) in [7, 11) is 0. The maximum absolute atomic E-state index is 12.1. The summed E-state index contributed by atoms with van der Waals surface area (Å²) in [6.45, 7) is 5.69. The molecule has 0 saturated carbocycles. The molecule has 0 bridgehead atoms. The highest BCUT2D eigenvalue weighted by Crippen LogP contribution is 2.19. The van der Waals surface area contributed by atoms with Crippen LogP contribution in [0.15, 0.2) is 36.5 Å². The lowest BCUT2D eigenvalue weighted by Gasteiger charge is -2.21. The van der Waals surface area contributed by atoms with Gasteiger partial charge in [0.25, 0.3) is 0 Å². The Kier molecular flexibility index (Phi) is 3.67. The van der Waals surface area contributed by atoms with Gasteiger partial charge in [-0.25, -0.2) is 0 Å². The van der Waals surface area contributed by atoms with Crippen molar-refractivity contribution >= 4 is 16.7 Å². The normalized spacial score (nSPS) is 13.5. The molecule has 1 heterocycles. The van der Waals surface area contributed by atoms with Crippen LogP contribution in [0.25, 0.3) is 10.9 Å². The van der Waals surface area contributed by atoms with Gasteiger partial charge in [-0.15, -0.1) is 0 Å². The van der Waals surface area contributed by atoms with Crippen molar-refractivity contribution in [2.45, 2.75) is 33.2 Å². The number of nitrogens with two attached hydrogens (primary N) is 1. The standard InChI is InChI=1S/C16H20N2O/c1-16(2,3)15(19)13(17)9-11-8-12-6-4-5-7-14(12)18-10-11/h4-8,10,13H,9,17H2,1-3H3/t13-/m0/s1. The van der Waals surface area contributed by atoms with Gasteiger partial charge in [0, 0.05) is 17.0 Å². The number of rotatable bonds is 3. The molecule has 1 aromatic heterocycles. The number of Topliss-reactive ketones (excluding diaryl/α,β-unsaturated/α-hetero) is 1. The number of para-hydroxylation sites is 1. The van der Waals surface area contributed by atoms with E-state index in [9.17, 15) is 4.79 Å². The summed E-state index contributed by atoms with van der Waals surface area (Å²) in [6, 6.07) is 9.51. The molecular formula is C16H20N2O. The zero-order valence-corrected chi connectivity index (χ0v) is 11.7. The van der Waals surface area contributed by atoms with E-state index in [0.717, 1.165) is 16.5 Å². The van der Waals surface area contributed by atoms with Crippen LogP contribution in [-0.4, -0.2) is 16.8 Å². The molecule has 0 spiro atoms. The summed E-state index contributed by atoms with van der Waals surface area (Å²) in [5.74, 6) is 0.0839. The number of carbonyl (C=O) groups excluding carboxylic acids is 1. The Bertz CT molecular complexity index is 599. The molecule has 0 aliphatic rings. The van der Waals surface area contributed by atoms with Crippen LogP contribution in [0.2, 0.25) is 0 Å². The minimum atomic E-state index is -0.469. The summed E-state index contributed by atoms with van der Waals surface area (Å²) in [4.78, 5) is 16.5. The average Bonchev–Trinajstić information content (AvgIpc) is 2.36. The topological polar surface area (TPSA) is 56.0 Å². The molecule has 0 saturated heterocycles. The summed E-state index contributed by atoms with van der Waals surface area (Å²) < 4.78 is 0. The predicted molar refractivity (Wildman–Crippen MR) is 77.9 cm³/mol. The maximum Gasteiger partial charge on any atom is 0.155 e. The zero-order valence-electron chi connectivity index (χ0n) is 11.7. The third-order valence-electron chi connectivity index (χ3n) is 3.18. The number of hydrogen-bond donors (Lipinski definition) is 1. The molecule has 0 unspecified atom stereocenters. The molecular weight excluding hydrogens is 236 g/mol. The summed E-state index contributed by atoms with van der Waals surface area (Å²) in [6.07, 6.45) is 2.34. The van der Waals surface area contributed by atoms with E-state index in [-0.39, 0.29) is 5.78 Å². The quantitative estimate of drug-likeness (QED) is 0.918. The average molecular weight is 256 g/mol. The van der Waals surface area contributed by atoms with Crippen LogP contribution in [0.4, 0.5) is 0 Å². The van der Waals surface area contributed by atoms with Crippen LogP contribution in [0.1, 0.15) is 26.3 Å². The summed E-state index contributed by atoms with van der Waals surface area (Å²) >= 11 is 0. The summed E-state index contributed by atoms with van der Waals surface area (Å²) in [5.41, 5.74) is 7.57. The fraction of sp³-hybridized carbons (Fsp3) is 0.375. The van der Waals surface area contributed by atoms with E-state index in [1.54, 1.807) is 6.20 Å². The molecule has 0 aliphatic heterocycles. The monoisotopic (exact) mass is 256 g/mol. The van der Waals surface area contributed by atoms with Gasteiger partial charge in [0.1, 0.15) is 0 Å². The van der Waals surface area contributed by atoms with Crippen LogP contribution < -0.4 is 5.73 Å². The highest BCUT2D eigenvalue weighted by atomic mass is 16.1. The lowest BCUT2D eigenvalue weighted by atomic mass is 9.85. The Morgan fingerprint density at radius 2 is 2.00 bits per heavy atom. The van der Waals surface area contributed by atoms with Gasteiger partial charge in [0.2, 0.25) is 0 Å². The third kappa shape index (κ3) is 3.18. The van der Waals surface area contributed by atoms with E-state index in [1.165, 1.54) is 0 Å². The van der Waals surface area contributed by atoms with E-state index >= 15 is 0 Å². The Hall–Kier alpha value is -1.74. The molecule has 0 radical (unpaired) electrons. The van der Waals surface area contributed by atoms with Crippen molar-refractivity contribution < 1.29 is 4.79 Å². The second-order valence-corrected chi connectivity index (χ2v) is 5.96. The van der Waals surface area contributed by atoms with Gasteiger partial charge in [-0.1, -0.05) is 39.0 Å². The van der Waals surface area contributed by atoms with Crippen molar-refractivity contribution in [1.82, 2.24) is 4.98 Å². The number of carbonyl (C=O) groups is 1. The predicted octanol–water partition coefficient (Wildman–Crippen LogP) is 2.72. The number of nitrogens with zero attached hydrogens (tertiary/aromatic N) is 1. The first kappa shape index (κ1) is 13.7. The first-order valence-corrected chi connectivity index (χ1v) is 6.51. The van der Waals surface area contributed by atoms with Crippen molar-refractivity contribution in [3.05, 3.63) is 42.1 Å². The first-order valence-electron chi connectivity index (χ1n) is 6.51. The highest BCUT2D eigenvalue weighted by Gasteiger charge is 2.27. The fourth-order valence-corrected chi connectivity index (χ4v) is 2.13. The molecule has 0 fully saturated rings. The number of ketones is 1. The third-order valence-corrected chi connectivity index (χ3v) is 3.18. The van der Waals surface area contributed by atoms with Gasteiger partial charge in [-0.05, 0) is 24.1 Å². The fourth-order valence-electron chi connectivity index (χ4n) is 2.13. The molecule has 2 N–H and O–H groups in total. The molecule has 0 aliphatic carbocycles. The summed E-state index contributed by atoms with van der Waals surface area (Å²) in [5, 5.41) is 1.08. The van der Waals surface area contributed by atoms with Crippen LogP contribution in [0, 0.1) is 5.41 Å². The lowest BCUT2D eigenvalue weighted by Crippen LogP contribution is -2.40. The molecule has 1 aromatic carbocycles. The lowest BCUT2D eigenvalue weighted by molar-refractivity contribution is -0.127. The van der Waals surface area contributed by atoms with Crippen molar-refractivity contribution in [2.24, 2.45) is 11.1 Å². The smallest absolute Gasteiger partial charge is 0.155 e. The molecule has 2 aromatic rings. The second kappa shape index (κ2) is 5.10. The van der Waals surface area contributed by atoms with Crippen LogP contribution in [-0.2, 0) is 11.2 Å². The van der Waals surface area contributed by atoms with Gasteiger partial charge in [-0.3, -0.25) is 9.78 Å². The van der Waals surface area contributed by atoms with E-state index in [1.807, 2.05) is 45.0 Å². The number of fused-ring (bicyclic) bond motifs is 1. The Morgan fingerprint density at radius 1 is 1.32 bits per heavy atom. The molecule has 1 atom stereocenters. The second-order valence-electron chi connectivity index (χ2n) is 5.96. The Labute approximate surface area is 113 Å². The molecule has 0 amide bonds. The number of benzene rings is 1. The largest absolute Gasteiger partial charge is 0.321 e. The van der Waals surface area contributed by atoms with Crippen LogP contribution in [0.5, 0.6) is 0 Å². The molecule has 19 heavy (non-hydrogen) atoms. The number of hydrogen-bond acceptors (Lipinski definition) is 3. The van der Waals surface area contributed by atoms with E-state index < -0.39 is 11.5 Å². The molecule has 3 heteroatoms. The molecule has 3 nitrogen and oxygen atoms in total. The Balaban J connectivity index is 2.19. The van der Waals surface area contributed by atoms with Crippen molar-refractivity contribution in [3.63, 3.8) is 0 Å².